The van der Waals surface area contributed by atoms with E-state index in [1.54, 1.807) is 37.4 Å². The number of carbonyl (C=O) groups excluding carboxylic acids is 1. The first-order valence-corrected chi connectivity index (χ1v) is 11.2. The van der Waals surface area contributed by atoms with Gasteiger partial charge in [0.25, 0.3) is 0 Å². The average Bonchev–Trinajstić information content (AvgIpc) is 3.01. The van der Waals surface area contributed by atoms with Gasteiger partial charge >= 0.3 is 0 Å². The Kier molecular flexibility index (Phi) is 4.63. The topological polar surface area (TPSA) is 85.4 Å². The second kappa shape index (κ2) is 6.86. The predicted molar refractivity (Wildman–Crippen MR) is 110 cm³/mol. The van der Waals surface area contributed by atoms with Crippen molar-refractivity contribution in [2.75, 3.05) is 12.4 Å². The van der Waals surface area contributed by atoms with E-state index in [4.69, 9.17) is 4.74 Å². The normalized spacial score (nSPS) is 15.8. The molecule has 0 radical (unpaired) electrons. The largest absolute Gasteiger partial charge is 0.497 e. The van der Waals surface area contributed by atoms with Gasteiger partial charge in [-0.05, 0) is 56.5 Å². The molecule has 28 heavy (non-hydrogen) atoms. The van der Waals surface area contributed by atoms with Gasteiger partial charge in [0.05, 0.1) is 22.2 Å². The third-order valence-electron chi connectivity index (χ3n) is 5.24. The summed E-state index contributed by atoms with van der Waals surface area (Å²) in [6.07, 6.45) is 1.33. The number of fused-ring (bicyclic) bond motifs is 1. The van der Waals surface area contributed by atoms with Crippen molar-refractivity contribution in [3.05, 3.63) is 48.0 Å². The molecular formula is C20H20N2O4S2. The lowest BCUT2D eigenvalue weighted by molar-refractivity contribution is -0.120. The van der Waals surface area contributed by atoms with E-state index in [0.29, 0.717) is 30.1 Å². The Hall–Kier alpha value is -2.45. The molecule has 1 amide bonds. The first-order valence-electron chi connectivity index (χ1n) is 8.93. The van der Waals surface area contributed by atoms with Gasteiger partial charge in [-0.3, -0.25) is 4.79 Å². The lowest BCUT2D eigenvalue weighted by Gasteiger charge is -2.38. The van der Waals surface area contributed by atoms with Crippen molar-refractivity contribution in [3.8, 4) is 5.75 Å². The molecule has 1 N–H and O–H groups in total. The lowest BCUT2D eigenvalue weighted by atomic mass is 9.83. The minimum absolute atomic E-state index is 0.182. The zero-order valence-electron chi connectivity index (χ0n) is 15.6. The second-order valence-electron chi connectivity index (χ2n) is 6.97. The van der Waals surface area contributed by atoms with Crippen LogP contribution in [0.4, 0.5) is 5.13 Å². The number of amides is 1. The monoisotopic (exact) mass is 416 g/mol. The minimum atomic E-state index is -3.80. The maximum atomic E-state index is 13.2. The summed E-state index contributed by atoms with van der Waals surface area (Å²) in [5.41, 5.74) is 1.70. The number of sulfone groups is 1. The van der Waals surface area contributed by atoms with Crippen molar-refractivity contribution >= 4 is 42.4 Å². The van der Waals surface area contributed by atoms with Crippen LogP contribution in [0.25, 0.3) is 10.2 Å². The van der Waals surface area contributed by atoms with Crippen LogP contribution >= 0.6 is 11.3 Å². The molecule has 6 nitrogen and oxygen atoms in total. The van der Waals surface area contributed by atoms with Crippen LogP contribution in [-0.4, -0.2) is 31.2 Å². The van der Waals surface area contributed by atoms with Crippen LogP contribution in [0.3, 0.4) is 0 Å². The molecule has 0 aliphatic heterocycles. The summed E-state index contributed by atoms with van der Waals surface area (Å²) in [4.78, 5) is 17.6. The number of thiazole rings is 1. The molecule has 0 bridgehead atoms. The Balaban J connectivity index is 1.64. The number of aromatic nitrogens is 1. The van der Waals surface area contributed by atoms with Gasteiger partial charge < -0.3 is 10.1 Å². The molecular weight excluding hydrogens is 396 g/mol. The van der Waals surface area contributed by atoms with Crippen LogP contribution < -0.4 is 10.1 Å². The zero-order chi connectivity index (χ0) is 19.9. The quantitative estimate of drug-likeness (QED) is 0.681. The van der Waals surface area contributed by atoms with E-state index in [1.807, 2.05) is 19.1 Å². The maximum Gasteiger partial charge on any atom is 0.248 e. The maximum absolute atomic E-state index is 13.2. The minimum Gasteiger partial charge on any atom is -0.497 e. The van der Waals surface area contributed by atoms with Crippen molar-refractivity contribution in [2.45, 2.75) is 35.8 Å². The molecule has 1 aliphatic carbocycles. The van der Waals surface area contributed by atoms with E-state index < -0.39 is 20.5 Å². The highest BCUT2D eigenvalue weighted by Gasteiger charge is 2.55. The van der Waals surface area contributed by atoms with Gasteiger partial charge in [0.15, 0.2) is 19.7 Å². The second-order valence-corrected chi connectivity index (χ2v) is 10.3. The summed E-state index contributed by atoms with van der Waals surface area (Å²) in [6.45, 7) is 1.89. The fourth-order valence-electron chi connectivity index (χ4n) is 3.36. The Morgan fingerprint density at radius 3 is 2.50 bits per heavy atom. The van der Waals surface area contributed by atoms with Crippen molar-refractivity contribution in [1.29, 1.82) is 0 Å². The number of nitrogens with zero attached hydrogens (tertiary/aromatic N) is 1. The van der Waals surface area contributed by atoms with Crippen molar-refractivity contribution in [2.24, 2.45) is 0 Å². The van der Waals surface area contributed by atoms with Gasteiger partial charge in [-0.2, -0.15) is 0 Å². The van der Waals surface area contributed by atoms with Gasteiger partial charge in [-0.15, -0.1) is 0 Å². The summed E-state index contributed by atoms with van der Waals surface area (Å²) in [5, 5.41) is 3.13. The van der Waals surface area contributed by atoms with E-state index in [2.05, 4.69) is 10.3 Å². The number of aryl methyl sites for hydroxylation is 1. The summed E-state index contributed by atoms with van der Waals surface area (Å²) in [6, 6.07) is 12.1. The SMILES string of the molecule is COc1ccc2nc(NC(=O)C3(S(=O)(=O)c4ccc(C)cc4)CCC3)sc2c1. The van der Waals surface area contributed by atoms with Crippen molar-refractivity contribution in [3.63, 3.8) is 0 Å². The van der Waals surface area contributed by atoms with E-state index in [-0.39, 0.29) is 4.90 Å². The highest BCUT2D eigenvalue weighted by atomic mass is 32.2. The van der Waals surface area contributed by atoms with Crippen LogP contribution in [0.1, 0.15) is 24.8 Å². The van der Waals surface area contributed by atoms with Gasteiger partial charge in [-0.1, -0.05) is 29.0 Å². The Morgan fingerprint density at radius 1 is 1.18 bits per heavy atom. The molecule has 1 aromatic heterocycles. The molecule has 3 aromatic rings. The third kappa shape index (κ3) is 2.97. The Bertz CT molecular complexity index is 1150. The van der Waals surface area contributed by atoms with Crippen LogP contribution in [0.15, 0.2) is 47.4 Å². The summed E-state index contributed by atoms with van der Waals surface area (Å²) in [5.74, 6) is 0.191. The molecule has 0 unspecified atom stereocenters. The fraction of sp³-hybridized carbons (Fsp3) is 0.300. The molecule has 1 aliphatic rings. The van der Waals surface area contributed by atoms with E-state index >= 15 is 0 Å². The zero-order valence-corrected chi connectivity index (χ0v) is 17.2. The van der Waals surface area contributed by atoms with Crippen molar-refractivity contribution < 1.29 is 17.9 Å². The van der Waals surface area contributed by atoms with Gasteiger partial charge in [0, 0.05) is 0 Å². The Morgan fingerprint density at radius 2 is 1.89 bits per heavy atom. The molecule has 0 saturated heterocycles. The highest BCUT2D eigenvalue weighted by molar-refractivity contribution is 7.93. The lowest BCUT2D eigenvalue weighted by Crippen LogP contribution is -2.54. The number of methoxy groups -OCH3 is 1. The van der Waals surface area contributed by atoms with Gasteiger partial charge in [0.1, 0.15) is 5.75 Å². The Labute approximate surface area is 167 Å². The number of hydrogen-bond acceptors (Lipinski definition) is 6. The number of anilines is 1. The number of hydrogen-bond donors (Lipinski definition) is 1. The number of ether oxygens (including phenoxy) is 1. The molecule has 0 spiro atoms. The predicted octanol–water partition coefficient (Wildman–Crippen LogP) is 3.95. The van der Waals surface area contributed by atoms with E-state index in [9.17, 15) is 13.2 Å². The highest BCUT2D eigenvalue weighted by Crippen LogP contribution is 2.44. The standard InChI is InChI=1S/C20H20N2O4S2/c1-13-4-7-15(8-5-13)28(24,25)20(10-3-11-20)18(23)22-19-21-16-9-6-14(26-2)12-17(16)27-19/h4-9,12H,3,10-11H2,1-2H3,(H,21,22,23). The van der Waals surface area contributed by atoms with Crippen LogP contribution in [0.5, 0.6) is 5.75 Å². The molecule has 1 heterocycles. The van der Waals surface area contributed by atoms with Crippen LogP contribution in [0.2, 0.25) is 0 Å². The molecule has 0 atom stereocenters. The van der Waals surface area contributed by atoms with Crippen molar-refractivity contribution in [1.82, 2.24) is 4.98 Å². The van der Waals surface area contributed by atoms with E-state index in [0.717, 1.165) is 15.8 Å². The number of carbonyl (C=O) groups is 1. The van der Waals surface area contributed by atoms with Crippen LogP contribution in [-0.2, 0) is 14.6 Å². The van der Waals surface area contributed by atoms with Gasteiger partial charge in [0.2, 0.25) is 5.91 Å². The molecule has 4 rings (SSSR count). The molecule has 146 valence electrons. The summed E-state index contributed by atoms with van der Waals surface area (Å²) in [7, 11) is -2.21. The molecule has 8 heteroatoms. The average molecular weight is 417 g/mol. The molecule has 1 fully saturated rings. The smallest absolute Gasteiger partial charge is 0.248 e. The first-order chi connectivity index (χ1) is 13.4. The number of benzene rings is 2. The summed E-state index contributed by atoms with van der Waals surface area (Å²) >= 11 is 1.30. The number of rotatable bonds is 5. The summed E-state index contributed by atoms with van der Waals surface area (Å²) < 4.78 is 31.1. The first kappa shape index (κ1) is 18.9. The van der Waals surface area contributed by atoms with E-state index in [1.165, 1.54) is 11.3 Å². The van der Waals surface area contributed by atoms with Gasteiger partial charge in [-0.25, -0.2) is 13.4 Å². The van der Waals surface area contributed by atoms with Crippen LogP contribution in [0, 0.1) is 6.92 Å². The fourth-order valence-corrected chi connectivity index (χ4v) is 6.31. The number of nitrogens with one attached hydrogen (secondary N) is 1. The molecule has 2 aromatic carbocycles. The third-order valence-corrected chi connectivity index (χ3v) is 8.69. The molecule has 1 saturated carbocycles.